The number of rotatable bonds is 2. The van der Waals surface area contributed by atoms with Gasteiger partial charge in [0.05, 0.1) is 26.3 Å². The van der Waals surface area contributed by atoms with E-state index in [1.54, 1.807) is 0 Å². The Kier molecular flexibility index (Phi) is 5.18. The van der Waals surface area contributed by atoms with E-state index in [1.165, 1.54) is 13.8 Å². The first-order valence-electron chi connectivity index (χ1n) is 6.51. The quantitative estimate of drug-likeness (QED) is 0.324. The zero-order valence-electron chi connectivity index (χ0n) is 12.6. The molecule has 11 heteroatoms. The van der Waals surface area contributed by atoms with Crippen LogP contribution in [0.15, 0.2) is 17.8 Å². The second-order valence-corrected chi connectivity index (χ2v) is 6.45. The number of carbonyl (C=O) groups is 2. The van der Waals surface area contributed by atoms with Crippen molar-refractivity contribution < 1.29 is 32.2 Å². The maximum Gasteiger partial charge on any atom is 0.417 e. The van der Waals surface area contributed by atoms with Gasteiger partial charge in [0.25, 0.3) is 5.79 Å². The van der Waals surface area contributed by atoms with Crippen molar-refractivity contribution in [2.24, 2.45) is 0 Å². The Labute approximate surface area is 154 Å². The molecule has 5 nitrogen and oxygen atoms in total. The molecule has 1 aliphatic rings. The van der Waals surface area contributed by atoms with Crippen molar-refractivity contribution in [1.29, 1.82) is 0 Å². The molecule has 1 aromatic rings. The van der Waals surface area contributed by atoms with Gasteiger partial charge in [-0.1, -0.05) is 34.8 Å². The minimum atomic E-state index is -4.76. The lowest BCUT2D eigenvalue weighted by Gasteiger charge is -2.29. The van der Waals surface area contributed by atoms with Gasteiger partial charge in [-0.3, -0.25) is 0 Å². The predicted molar refractivity (Wildman–Crippen MR) is 84.4 cm³/mol. The van der Waals surface area contributed by atoms with Crippen molar-refractivity contribution in [2.75, 3.05) is 5.32 Å². The fourth-order valence-corrected chi connectivity index (χ4v) is 2.68. The highest BCUT2D eigenvalue weighted by Gasteiger charge is 2.39. The van der Waals surface area contributed by atoms with Crippen molar-refractivity contribution in [3.8, 4) is 0 Å². The normalized spacial score (nSPS) is 17.0. The highest BCUT2D eigenvalue weighted by atomic mass is 35.5. The molecule has 0 radical (unpaired) electrons. The van der Waals surface area contributed by atoms with E-state index in [0.717, 1.165) is 6.20 Å². The number of esters is 2. The second kappa shape index (κ2) is 6.59. The number of alkyl halides is 3. The first kappa shape index (κ1) is 19.7. The van der Waals surface area contributed by atoms with Gasteiger partial charge in [0.15, 0.2) is 5.57 Å². The lowest BCUT2D eigenvalue weighted by atomic mass is 10.2. The van der Waals surface area contributed by atoms with Gasteiger partial charge in [0.1, 0.15) is 0 Å². The van der Waals surface area contributed by atoms with Crippen LogP contribution in [0.25, 0.3) is 0 Å². The highest BCUT2D eigenvalue weighted by Crippen LogP contribution is 2.45. The number of hydrogen-bond acceptors (Lipinski definition) is 5. The third kappa shape index (κ3) is 4.13. The molecule has 1 aliphatic heterocycles. The molecular weight excluding hydrogens is 410 g/mol. The van der Waals surface area contributed by atoms with Crippen LogP contribution in [0, 0.1) is 0 Å². The summed E-state index contributed by atoms with van der Waals surface area (Å²) in [4.78, 5) is 23.6. The number of anilines is 1. The van der Waals surface area contributed by atoms with Crippen LogP contribution in [0.1, 0.15) is 19.4 Å². The van der Waals surface area contributed by atoms with Crippen molar-refractivity contribution >= 4 is 52.4 Å². The van der Waals surface area contributed by atoms with E-state index >= 15 is 0 Å². The fourth-order valence-electron chi connectivity index (χ4n) is 1.86. The standard InChI is InChI=1S/C14H9Cl3F3NO4/c1-13(2)24-11(22)5(12(23)25-13)4-21-10-7(15)3-6(14(18,19)20)8(16)9(10)17/h3-4,21H,1-2H3. The lowest BCUT2D eigenvalue weighted by molar-refractivity contribution is -0.222. The van der Waals surface area contributed by atoms with Crippen LogP contribution in [0.4, 0.5) is 18.9 Å². The molecule has 1 fully saturated rings. The SMILES string of the molecule is CC1(C)OC(=O)C(=CNc2c(Cl)cc(C(F)(F)F)c(Cl)c2Cl)C(=O)O1. The van der Waals surface area contributed by atoms with Crippen molar-refractivity contribution in [1.82, 2.24) is 0 Å². The molecule has 2 rings (SSSR count). The zero-order chi connectivity index (χ0) is 19.2. The van der Waals surface area contributed by atoms with E-state index in [0.29, 0.717) is 6.07 Å². The molecule has 0 atom stereocenters. The number of hydrogen-bond donors (Lipinski definition) is 1. The summed E-state index contributed by atoms with van der Waals surface area (Å²) in [5.74, 6) is -3.41. The summed E-state index contributed by atoms with van der Waals surface area (Å²) in [7, 11) is 0. The molecular formula is C14H9Cl3F3NO4. The van der Waals surface area contributed by atoms with Gasteiger partial charge in [-0.25, -0.2) is 9.59 Å². The summed E-state index contributed by atoms with van der Waals surface area (Å²) in [5, 5.41) is 0.645. The number of halogens is 6. The molecule has 1 N–H and O–H groups in total. The van der Waals surface area contributed by atoms with E-state index in [2.05, 4.69) is 5.32 Å². The van der Waals surface area contributed by atoms with E-state index < -0.39 is 50.1 Å². The Bertz CT molecular complexity index is 769. The van der Waals surface area contributed by atoms with Gasteiger partial charge in [-0.05, 0) is 6.07 Å². The van der Waals surface area contributed by atoms with E-state index in [4.69, 9.17) is 44.3 Å². The topological polar surface area (TPSA) is 64.6 Å². The first-order valence-corrected chi connectivity index (χ1v) is 7.65. The van der Waals surface area contributed by atoms with Gasteiger partial charge in [0, 0.05) is 20.0 Å². The number of benzene rings is 1. The summed E-state index contributed by atoms with van der Waals surface area (Å²) in [6.07, 6.45) is -3.90. The van der Waals surface area contributed by atoms with Crippen molar-refractivity contribution in [3.63, 3.8) is 0 Å². The van der Waals surface area contributed by atoms with Gasteiger partial charge >= 0.3 is 18.1 Å². The molecule has 0 bridgehead atoms. The smallest absolute Gasteiger partial charge is 0.417 e. The molecule has 0 aliphatic carbocycles. The van der Waals surface area contributed by atoms with Crippen LogP contribution in [-0.4, -0.2) is 17.7 Å². The molecule has 136 valence electrons. The summed E-state index contributed by atoms with van der Waals surface area (Å²) in [6.45, 7) is 2.72. The molecule has 0 spiro atoms. The van der Waals surface area contributed by atoms with Gasteiger partial charge < -0.3 is 14.8 Å². The fraction of sp³-hybridized carbons (Fsp3) is 0.286. The third-order valence-corrected chi connectivity index (χ3v) is 4.11. The summed E-state index contributed by atoms with van der Waals surface area (Å²) < 4.78 is 48.2. The maximum absolute atomic E-state index is 12.8. The van der Waals surface area contributed by atoms with Crippen LogP contribution in [-0.2, 0) is 25.2 Å². The Morgan fingerprint density at radius 1 is 1.08 bits per heavy atom. The number of carbonyl (C=O) groups excluding carboxylic acids is 2. The molecule has 1 saturated heterocycles. The van der Waals surface area contributed by atoms with Crippen molar-refractivity contribution in [3.05, 3.63) is 38.5 Å². The first-order chi connectivity index (χ1) is 11.3. The lowest BCUT2D eigenvalue weighted by Crippen LogP contribution is -2.42. The van der Waals surface area contributed by atoms with Crippen molar-refractivity contribution in [2.45, 2.75) is 25.8 Å². The molecule has 0 aromatic heterocycles. The van der Waals surface area contributed by atoms with Crippen LogP contribution in [0.5, 0.6) is 0 Å². The van der Waals surface area contributed by atoms with Crippen LogP contribution < -0.4 is 5.32 Å². The maximum atomic E-state index is 12.8. The Hall–Kier alpha value is -1.64. The third-order valence-electron chi connectivity index (χ3n) is 2.94. The number of ether oxygens (including phenoxy) is 2. The molecule has 1 aromatic carbocycles. The van der Waals surface area contributed by atoms with Crippen LogP contribution in [0.2, 0.25) is 15.1 Å². The Balaban J connectivity index is 2.37. The number of nitrogens with one attached hydrogen (secondary N) is 1. The minimum absolute atomic E-state index is 0.223. The number of cyclic esters (lactones) is 2. The summed E-state index contributed by atoms with van der Waals surface area (Å²) in [5.41, 5.74) is -1.97. The summed E-state index contributed by atoms with van der Waals surface area (Å²) in [6, 6.07) is 0.567. The van der Waals surface area contributed by atoms with Gasteiger partial charge in [-0.15, -0.1) is 0 Å². The average molecular weight is 419 g/mol. The highest BCUT2D eigenvalue weighted by molar-refractivity contribution is 6.46. The second-order valence-electron chi connectivity index (χ2n) is 5.29. The molecule has 0 saturated carbocycles. The predicted octanol–water partition coefficient (Wildman–Crippen LogP) is 4.80. The monoisotopic (exact) mass is 417 g/mol. The van der Waals surface area contributed by atoms with E-state index in [-0.39, 0.29) is 5.69 Å². The Morgan fingerprint density at radius 2 is 1.60 bits per heavy atom. The van der Waals surface area contributed by atoms with E-state index in [9.17, 15) is 22.8 Å². The van der Waals surface area contributed by atoms with Crippen LogP contribution in [0.3, 0.4) is 0 Å². The van der Waals surface area contributed by atoms with Gasteiger partial charge in [0.2, 0.25) is 0 Å². The average Bonchev–Trinajstić information content (AvgIpc) is 2.42. The summed E-state index contributed by atoms with van der Waals surface area (Å²) >= 11 is 17.2. The molecule has 25 heavy (non-hydrogen) atoms. The van der Waals surface area contributed by atoms with Crippen LogP contribution >= 0.6 is 34.8 Å². The van der Waals surface area contributed by atoms with E-state index in [1.807, 2.05) is 0 Å². The largest absolute Gasteiger partial charge is 0.419 e. The zero-order valence-corrected chi connectivity index (χ0v) is 14.8. The minimum Gasteiger partial charge on any atom is -0.419 e. The van der Waals surface area contributed by atoms with Gasteiger partial charge in [-0.2, -0.15) is 13.2 Å². The molecule has 1 heterocycles. The Morgan fingerprint density at radius 3 is 2.08 bits per heavy atom. The molecule has 0 unspecified atom stereocenters. The molecule has 0 amide bonds.